The van der Waals surface area contributed by atoms with E-state index < -0.39 is 0 Å². The lowest BCUT2D eigenvalue weighted by Crippen LogP contribution is -2.19. The van der Waals surface area contributed by atoms with Crippen LogP contribution in [0.4, 0.5) is 0 Å². The van der Waals surface area contributed by atoms with Gasteiger partial charge in [0.2, 0.25) is 0 Å². The third-order valence-corrected chi connectivity index (χ3v) is 2.83. The summed E-state index contributed by atoms with van der Waals surface area (Å²) in [5, 5.41) is 0. The average Bonchev–Trinajstić information content (AvgIpc) is 2.25. The van der Waals surface area contributed by atoms with Gasteiger partial charge in [0.05, 0.1) is 0 Å². The molecule has 2 heteroatoms. The minimum Gasteiger partial charge on any atom is -0.328 e. The van der Waals surface area contributed by atoms with E-state index in [1.54, 1.807) is 0 Å². The minimum atomic E-state index is 0.242. The molecule has 0 saturated carbocycles. The Morgan fingerprint density at radius 3 is 2.20 bits per heavy atom. The van der Waals surface area contributed by atoms with Crippen molar-refractivity contribution in [2.75, 3.05) is 0 Å². The molecule has 1 atom stereocenters. The number of rotatable bonds is 11. The molecule has 0 amide bonds. The molecule has 0 aromatic carbocycles. The van der Waals surface area contributed by atoms with Crippen LogP contribution in [0.15, 0.2) is 0 Å². The fourth-order valence-electron chi connectivity index (χ4n) is 1.79. The van der Waals surface area contributed by atoms with Crippen LogP contribution in [0, 0.1) is 0 Å². The summed E-state index contributed by atoms with van der Waals surface area (Å²) in [6, 6.07) is 0.242. The van der Waals surface area contributed by atoms with Crippen LogP contribution in [0.25, 0.3) is 0 Å². The van der Waals surface area contributed by atoms with Gasteiger partial charge in [-0.15, -0.1) is 0 Å². The van der Waals surface area contributed by atoms with Gasteiger partial charge in [0.25, 0.3) is 0 Å². The Kier molecular flexibility index (Phi) is 11.4. The van der Waals surface area contributed by atoms with Crippen LogP contribution in [0.1, 0.15) is 71.1 Å². The van der Waals surface area contributed by atoms with E-state index in [2.05, 4.69) is 6.92 Å². The smallest absolute Gasteiger partial charge is 0.120 e. The quantitative estimate of drug-likeness (QED) is 0.422. The molecule has 2 N–H and O–H groups in total. The molecule has 15 heavy (non-hydrogen) atoms. The normalized spacial score (nSPS) is 12.7. The zero-order valence-electron chi connectivity index (χ0n) is 10.2. The fraction of sp³-hybridized carbons (Fsp3) is 0.923. The monoisotopic (exact) mass is 213 g/mol. The molecule has 2 nitrogen and oxygen atoms in total. The zero-order chi connectivity index (χ0) is 11.4. The van der Waals surface area contributed by atoms with Crippen LogP contribution < -0.4 is 5.73 Å². The van der Waals surface area contributed by atoms with E-state index in [4.69, 9.17) is 5.73 Å². The molecule has 0 aliphatic carbocycles. The highest BCUT2D eigenvalue weighted by Gasteiger charge is 2.01. The second-order valence-corrected chi connectivity index (χ2v) is 4.41. The fourth-order valence-corrected chi connectivity index (χ4v) is 1.79. The zero-order valence-corrected chi connectivity index (χ0v) is 10.2. The molecule has 0 aromatic heterocycles. The molecule has 0 rings (SSSR count). The number of carbonyl (C=O) groups is 1. The Balaban J connectivity index is 3.05. The second-order valence-electron chi connectivity index (χ2n) is 4.41. The summed E-state index contributed by atoms with van der Waals surface area (Å²) in [7, 11) is 0. The highest BCUT2D eigenvalue weighted by molar-refractivity contribution is 5.49. The third-order valence-electron chi connectivity index (χ3n) is 2.83. The van der Waals surface area contributed by atoms with E-state index >= 15 is 0 Å². The largest absolute Gasteiger partial charge is 0.328 e. The summed E-state index contributed by atoms with van der Waals surface area (Å²) >= 11 is 0. The molecule has 1 unspecified atom stereocenters. The Bertz CT molecular complexity index is 136. The van der Waals surface area contributed by atoms with Crippen molar-refractivity contribution in [3.05, 3.63) is 0 Å². The summed E-state index contributed by atoms with van der Waals surface area (Å²) < 4.78 is 0. The molecule has 0 saturated heterocycles. The van der Waals surface area contributed by atoms with Gasteiger partial charge in [0.1, 0.15) is 6.29 Å². The number of nitrogens with two attached hydrogens (primary N) is 1. The summed E-state index contributed by atoms with van der Waals surface area (Å²) in [5.74, 6) is 0. The molecule has 0 spiro atoms. The molecular weight excluding hydrogens is 186 g/mol. The van der Waals surface area contributed by atoms with Crippen molar-refractivity contribution in [3.8, 4) is 0 Å². The number of unbranched alkanes of at least 4 members (excludes halogenated alkanes) is 6. The highest BCUT2D eigenvalue weighted by Crippen LogP contribution is 2.10. The van der Waals surface area contributed by atoms with Gasteiger partial charge in [-0.25, -0.2) is 0 Å². The van der Waals surface area contributed by atoms with Gasteiger partial charge >= 0.3 is 0 Å². The van der Waals surface area contributed by atoms with Gasteiger partial charge in [0, 0.05) is 12.5 Å². The summed E-state index contributed by atoms with van der Waals surface area (Å²) in [4.78, 5) is 10.1. The maximum Gasteiger partial charge on any atom is 0.120 e. The molecule has 0 radical (unpaired) electrons. The molecule has 0 heterocycles. The Morgan fingerprint density at radius 1 is 1.00 bits per heavy atom. The first kappa shape index (κ1) is 14.6. The SMILES string of the molecule is CCCCCCCCCC(N)CCC=O. The predicted octanol–water partition coefficient (Wildman–Crippen LogP) is 3.43. The molecule has 90 valence electrons. The minimum absolute atomic E-state index is 0.242. The number of hydrogen-bond acceptors (Lipinski definition) is 2. The number of carbonyl (C=O) groups excluding carboxylic acids is 1. The maximum atomic E-state index is 10.1. The van der Waals surface area contributed by atoms with Gasteiger partial charge in [0.15, 0.2) is 0 Å². The number of aldehydes is 1. The molecule has 0 aliphatic heterocycles. The molecule has 0 fully saturated rings. The van der Waals surface area contributed by atoms with Crippen LogP contribution in [0.2, 0.25) is 0 Å². The van der Waals surface area contributed by atoms with Crippen LogP contribution in [-0.2, 0) is 4.79 Å². The average molecular weight is 213 g/mol. The molecular formula is C13H27NO. The van der Waals surface area contributed by atoms with E-state index in [0.717, 1.165) is 19.1 Å². The van der Waals surface area contributed by atoms with Crippen LogP contribution in [-0.4, -0.2) is 12.3 Å². The van der Waals surface area contributed by atoms with Gasteiger partial charge in [-0.05, 0) is 12.8 Å². The first-order valence-electron chi connectivity index (χ1n) is 6.50. The second kappa shape index (κ2) is 11.7. The lowest BCUT2D eigenvalue weighted by atomic mass is 10.0. The van der Waals surface area contributed by atoms with Crippen LogP contribution in [0.5, 0.6) is 0 Å². The lowest BCUT2D eigenvalue weighted by molar-refractivity contribution is -0.108. The van der Waals surface area contributed by atoms with Crippen LogP contribution >= 0.6 is 0 Å². The summed E-state index contributed by atoms with van der Waals surface area (Å²) in [6.45, 7) is 2.24. The first-order valence-corrected chi connectivity index (χ1v) is 6.50. The molecule has 0 aliphatic rings. The van der Waals surface area contributed by atoms with Crippen molar-refractivity contribution in [2.45, 2.75) is 77.2 Å². The topological polar surface area (TPSA) is 43.1 Å². The summed E-state index contributed by atoms with van der Waals surface area (Å²) in [5.41, 5.74) is 5.86. The van der Waals surface area contributed by atoms with E-state index in [1.165, 1.54) is 44.9 Å². The Labute approximate surface area is 94.6 Å². The van der Waals surface area contributed by atoms with Gasteiger partial charge in [-0.3, -0.25) is 0 Å². The van der Waals surface area contributed by atoms with Crippen molar-refractivity contribution in [1.82, 2.24) is 0 Å². The van der Waals surface area contributed by atoms with Crippen LogP contribution in [0.3, 0.4) is 0 Å². The van der Waals surface area contributed by atoms with E-state index in [9.17, 15) is 4.79 Å². The van der Waals surface area contributed by atoms with Crippen molar-refractivity contribution in [1.29, 1.82) is 0 Å². The van der Waals surface area contributed by atoms with Gasteiger partial charge < -0.3 is 10.5 Å². The third kappa shape index (κ3) is 11.6. The standard InChI is InChI=1S/C13H27NO/c1-2-3-4-5-6-7-8-10-13(14)11-9-12-15/h12-13H,2-11,14H2,1H3. The van der Waals surface area contributed by atoms with Gasteiger partial charge in [-0.1, -0.05) is 51.9 Å². The van der Waals surface area contributed by atoms with Crippen molar-refractivity contribution < 1.29 is 4.79 Å². The molecule has 0 aromatic rings. The maximum absolute atomic E-state index is 10.1. The molecule has 0 bridgehead atoms. The van der Waals surface area contributed by atoms with Crippen molar-refractivity contribution in [3.63, 3.8) is 0 Å². The van der Waals surface area contributed by atoms with E-state index in [-0.39, 0.29) is 6.04 Å². The highest BCUT2D eigenvalue weighted by atomic mass is 16.1. The van der Waals surface area contributed by atoms with Crippen molar-refractivity contribution >= 4 is 6.29 Å². The van der Waals surface area contributed by atoms with E-state index in [0.29, 0.717) is 6.42 Å². The number of hydrogen-bond donors (Lipinski definition) is 1. The predicted molar refractivity (Wildman–Crippen MR) is 65.9 cm³/mol. The van der Waals surface area contributed by atoms with Gasteiger partial charge in [-0.2, -0.15) is 0 Å². The van der Waals surface area contributed by atoms with E-state index in [1.807, 2.05) is 0 Å². The Morgan fingerprint density at radius 2 is 1.60 bits per heavy atom. The lowest BCUT2D eigenvalue weighted by Gasteiger charge is -2.08. The Hall–Kier alpha value is -0.370. The first-order chi connectivity index (χ1) is 7.31. The van der Waals surface area contributed by atoms with Crippen molar-refractivity contribution in [2.24, 2.45) is 5.73 Å². The summed E-state index contributed by atoms with van der Waals surface area (Å²) in [6.07, 6.45) is 12.9.